The number of rotatable bonds is 4. The van der Waals surface area contributed by atoms with Crippen molar-refractivity contribution in [3.8, 4) is 11.8 Å². The molecule has 0 radical (unpaired) electrons. The molecule has 0 saturated carbocycles. The number of pyridine rings is 1. The molecule has 31 heavy (non-hydrogen) atoms. The third-order valence-corrected chi connectivity index (χ3v) is 4.64. The number of nitrogens with two attached hydrogens (primary N) is 1. The molecule has 0 aliphatic heterocycles. The van der Waals surface area contributed by atoms with Crippen LogP contribution in [0.1, 0.15) is 37.6 Å². The van der Waals surface area contributed by atoms with Gasteiger partial charge >= 0.3 is 0 Å². The fourth-order valence-corrected chi connectivity index (χ4v) is 3.07. The minimum absolute atomic E-state index is 0.147. The van der Waals surface area contributed by atoms with Crippen LogP contribution in [0.3, 0.4) is 0 Å². The minimum Gasteiger partial charge on any atom is -0.459 e. The predicted molar refractivity (Wildman–Crippen MR) is 121 cm³/mol. The first-order valence-electron chi connectivity index (χ1n) is 9.00. The SMILES string of the molecule is C=S(C)(=O)NC(=O)c1cnc(N)c(C#Cc2cccc(NC(=O)c3occc3C)c2)c1. The van der Waals surface area contributed by atoms with Gasteiger partial charge in [0.1, 0.15) is 5.82 Å². The molecule has 1 aromatic carbocycles. The number of nitrogens with zero attached hydrogens (tertiary/aromatic N) is 1. The van der Waals surface area contributed by atoms with Gasteiger partial charge in [0, 0.05) is 39.0 Å². The molecule has 0 bridgehead atoms. The van der Waals surface area contributed by atoms with Gasteiger partial charge in [-0.05, 0) is 43.1 Å². The Morgan fingerprint density at radius 2 is 1.97 bits per heavy atom. The van der Waals surface area contributed by atoms with E-state index in [0.717, 1.165) is 5.56 Å². The van der Waals surface area contributed by atoms with Gasteiger partial charge in [0.2, 0.25) is 0 Å². The Morgan fingerprint density at radius 3 is 2.65 bits per heavy atom. The lowest BCUT2D eigenvalue weighted by atomic mass is 10.1. The van der Waals surface area contributed by atoms with Gasteiger partial charge in [0.15, 0.2) is 5.76 Å². The number of aromatic nitrogens is 1. The van der Waals surface area contributed by atoms with Crippen LogP contribution in [0.4, 0.5) is 11.5 Å². The van der Waals surface area contributed by atoms with Gasteiger partial charge in [0.25, 0.3) is 11.8 Å². The van der Waals surface area contributed by atoms with E-state index in [1.807, 2.05) is 0 Å². The van der Waals surface area contributed by atoms with Gasteiger partial charge in [-0.25, -0.2) is 9.19 Å². The third-order valence-electron chi connectivity index (χ3n) is 4.02. The van der Waals surface area contributed by atoms with E-state index in [1.54, 1.807) is 37.3 Å². The van der Waals surface area contributed by atoms with E-state index in [0.29, 0.717) is 16.8 Å². The maximum atomic E-state index is 12.3. The van der Waals surface area contributed by atoms with E-state index in [2.05, 4.69) is 32.7 Å². The summed E-state index contributed by atoms with van der Waals surface area (Å²) in [6, 6.07) is 10.1. The molecule has 4 N–H and O–H groups in total. The van der Waals surface area contributed by atoms with Crippen LogP contribution >= 0.6 is 0 Å². The molecule has 2 heterocycles. The molecule has 9 heteroatoms. The van der Waals surface area contributed by atoms with Gasteiger partial charge in [-0.2, -0.15) is 0 Å². The maximum absolute atomic E-state index is 12.3. The van der Waals surface area contributed by atoms with Crippen molar-refractivity contribution in [3.05, 3.63) is 76.9 Å². The Labute approximate surface area is 180 Å². The van der Waals surface area contributed by atoms with E-state index in [-0.39, 0.29) is 23.0 Å². The molecule has 0 saturated heterocycles. The summed E-state index contributed by atoms with van der Waals surface area (Å²) in [4.78, 5) is 28.4. The van der Waals surface area contributed by atoms with Gasteiger partial charge in [-0.15, -0.1) is 0 Å². The second-order valence-corrected chi connectivity index (χ2v) is 9.02. The van der Waals surface area contributed by atoms with E-state index < -0.39 is 15.6 Å². The third kappa shape index (κ3) is 5.74. The fourth-order valence-electron chi connectivity index (χ4n) is 2.56. The molecule has 0 spiro atoms. The highest BCUT2D eigenvalue weighted by Gasteiger charge is 2.13. The minimum atomic E-state index is -2.72. The second kappa shape index (κ2) is 8.77. The first kappa shape index (κ1) is 21.7. The zero-order valence-corrected chi connectivity index (χ0v) is 17.7. The Morgan fingerprint density at radius 1 is 1.19 bits per heavy atom. The number of carbonyl (C=O) groups excluding carboxylic acids is 2. The van der Waals surface area contributed by atoms with E-state index in [1.165, 1.54) is 24.8 Å². The molecular weight excluding hydrogens is 416 g/mol. The summed E-state index contributed by atoms with van der Waals surface area (Å²) < 4.78 is 19.2. The summed E-state index contributed by atoms with van der Waals surface area (Å²) in [6.45, 7) is 1.78. The fraction of sp³-hybridized carbons (Fsp3) is 0.0909. The molecule has 3 aromatic rings. The van der Waals surface area contributed by atoms with Crippen LogP contribution in [0.5, 0.6) is 0 Å². The highest BCUT2D eigenvalue weighted by atomic mass is 32.2. The Balaban J connectivity index is 1.81. The summed E-state index contributed by atoms with van der Waals surface area (Å²) >= 11 is 0. The van der Waals surface area contributed by atoms with Gasteiger partial charge in [-0.1, -0.05) is 17.9 Å². The number of amides is 2. The number of hydrogen-bond donors (Lipinski definition) is 3. The molecule has 2 aromatic heterocycles. The van der Waals surface area contributed by atoms with Crippen LogP contribution in [0.25, 0.3) is 0 Å². The van der Waals surface area contributed by atoms with Crippen molar-refractivity contribution in [3.63, 3.8) is 0 Å². The zero-order chi connectivity index (χ0) is 22.6. The average molecular weight is 436 g/mol. The average Bonchev–Trinajstić information content (AvgIpc) is 3.12. The number of nitrogens with one attached hydrogen (secondary N) is 2. The van der Waals surface area contributed by atoms with E-state index >= 15 is 0 Å². The molecule has 0 aliphatic carbocycles. The maximum Gasteiger partial charge on any atom is 0.291 e. The standard InChI is InChI=1S/C22H20N4O4S/c1-14-9-10-30-19(14)22(28)25-18-6-4-5-15(11-18)7-8-16-12-17(13-24-20(16)23)21(27)26-31(2,3)29/h4-6,9-13H,2H2,1,3H3,(H2,23,24)(H,25,28)(H,26,27,29). The molecule has 158 valence electrons. The van der Waals surface area contributed by atoms with Gasteiger partial charge in [-0.3, -0.25) is 14.3 Å². The Kier molecular flexibility index (Phi) is 6.13. The lowest BCUT2D eigenvalue weighted by Gasteiger charge is -2.07. The number of nitrogen functional groups attached to an aromatic ring is 1. The second-order valence-electron chi connectivity index (χ2n) is 6.81. The summed E-state index contributed by atoms with van der Waals surface area (Å²) in [5.74, 6) is 8.62. The highest BCUT2D eigenvalue weighted by molar-refractivity contribution is 7.98. The molecule has 1 unspecified atom stereocenters. The Hall–Kier alpha value is -4.03. The van der Waals surface area contributed by atoms with Crippen molar-refractivity contribution < 1.29 is 18.2 Å². The molecule has 2 amide bonds. The van der Waals surface area contributed by atoms with Crippen LogP contribution < -0.4 is 15.8 Å². The van der Waals surface area contributed by atoms with Crippen molar-refractivity contribution in [2.24, 2.45) is 0 Å². The molecule has 8 nitrogen and oxygen atoms in total. The molecule has 3 rings (SSSR count). The number of furan rings is 1. The van der Waals surface area contributed by atoms with Crippen LogP contribution in [0.15, 0.2) is 53.3 Å². The largest absolute Gasteiger partial charge is 0.459 e. The number of benzene rings is 1. The molecule has 1 atom stereocenters. The monoisotopic (exact) mass is 436 g/mol. The van der Waals surface area contributed by atoms with Crippen molar-refractivity contribution in [2.45, 2.75) is 6.92 Å². The molecular formula is C22H20N4O4S. The van der Waals surface area contributed by atoms with Crippen molar-refractivity contribution >= 4 is 38.9 Å². The van der Waals surface area contributed by atoms with Crippen LogP contribution in [0.2, 0.25) is 0 Å². The predicted octanol–water partition coefficient (Wildman–Crippen LogP) is 2.21. The van der Waals surface area contributed by atoms with E-state index in [4.69, 9.17) is 10.2 Å². The number of anilines is 2. The molecule has 0 aliphatic rings. The normalized spacial score (nSPS) is 12.2. The van der Waals surface area contributed by atoms with Crippen LogP contribution in [-0.2, 0) is 9.71 Å². The van der Waals surface area contributed by atoms with E-state index in [9.17, 15) is 13.8 Å². The number of carbonyl (C=O) groups is 2. The lowest BCUT2D eigenvalue weighted by Crippen LogP contribution is -2.29. The van der Waals surface area contributed by atoms with Crippen LogP contribution in [-0.4, -0.2) is 33.1 Å². The van der Waals surface area contributed by atoms with Crippen molar-refractivity contribution in [1.29, 1.82) is 0 Å². The quantitative estimate of drug-likeness (QED) is 0.425. The highest BCUT2D eigenvalue weighted by Crippen LogP contribution is 2.15. The summed E-state index contributed by atoms with van der Waals surface area (Å²) in [6.07, 6.45) is 4.04. The number of hydrogen-bond acceptors (Lipinski definition) is 6. The molecule has 0 fully saturated rings. The van der Waals surface area contributed by atoms with Gasteiger partial charge in [0.05, 0.1) is 17.4 Å². The summed E-state index contributed by atoms with van der Waals surface area (Å²) in [5, 5.41) is 2.76. The Bertz CT molecular complexity index is 1330. The van der Waals surface area contributed by atoms with Crippen molar-refractivity contribution in [1.82, 2.24) is 9.71 Å². The summed E-state index contributed by atoms with van der Waals surface area (Å²) in [7, 11) is -2.72. The first-order chi connectivity index (χ1) is 14.6. The van der Waals surface area contributed by atoms with Crippen LogP contribution in [0, 0.1) is 18.8 Å². The number of aryl methyl sites for hydroxylation is 1. The first-order valence-corrected chi connectivity index (χ1v) is 11.1. The van der Waals surface area contributed by atoms with Gasteiger partial charge < -0.3 is 15.5 Å². The van der Waals surface area contributed by atoms with Crippen molar-refractivity contribution in [2.75, 3.05) is 17.3 Å². The summed E-state index contributed by atoms with van der Waals surface area (Å²) in [5.41, 5.74) is 8.24. The lowest BCUT2D eigenvalue weighted by molar-refractivity contribution is 0.0978. The zero-order valence-electron chi connectivity index (χ0n) is 16.9. The topological polar surface area (TPSA) is 127 Å². The smallest absolute Gasteiger partial charge is 0.291 e.